The van der Waals surface area contributed by atoms with Crippen LogP contribution in [-0.4, -0.2) is 22.0 Å². The van der Waals surface area contributed by atoms with Crippen molar-refractivity contribution < 1.29 is 13.2 Å². The van der Waals surface area contributed by atoms with E-state index in [0.29, 0.717) is 5.69 Å². The Kier molecular flexibility index (Phi) is 4.25. The van der Waals surface area contributed by atoms with Crippen LogP contribution in [0.5, 0.6) is 0 Å². The molecule has 2 heterocycles. The fourth-order valence-corrected chi connectivity index (χ4v) is 1.60. The zero-order valence-corrected chi connectivity index (χ0v) is 11.5. The number of alkyl halides is 3. The normalized spacial score (nSPS) is 11.3. The van der Waals surface area contributed by atoms with Crippen LogP contribution in [0.2, 0.25) is 0 Å². The number of nitrogens with one attached hydrogen (secondary N) is 2. The minimum Gasteiger partial charge on any atom is -0.373 e. The maximum Gasteiger partial charge on any atom is 0.416 e. The molecule has 0 aliphatic rings. The molecule has 2 aromatic rings. The second-order valence-corrected chi connectivity index (χ2v) is 4.38. The molecule has 2 rings (SSSR count). The van der Waals surface area contributed by atoms with Crippen molar-refractivity contribution in [2.24, 2.45) is 0 Å². The van der Waals surface area contributed by atoms with Gasteiger partial charge in [0.25, 0.3) is 0 Å². The minimum absolute atomic E-state index is 0.122. The smallest absolute Gasteiger partial charge is 0.373 e. The molecular weight excluding hydrogens is 283 g/mol. The van der Waals surface area contributed by atoms with Gasteiger partial charge in [-0.3, -0.25) is 9.97 Å². The first-order chi connectivity index (χ1) is 9.88. The summed E-state index contributed by atoms with van der Waals surface area (Å²) in [7, 11) is 1.51. The van der Waals surface area contributed by atoms with E-state index >= 15 is 0 Å². The van der Waals surface area contributed by atoms with E-state index < -0.39 is 11.7 Å². The van der Waals surface area contributed by atoms with Crippen molar-refractivity contribution in [2.45, 2.75) is 19.6 Å². The van der Waals surface area contributed by atoms with Crippen molar-refractivity contribution in [3.8, 4) is 0 Å². The quantitative estimate of drug-likeness (QED) is 0.908. The number of aromatic nitrogens is 3. The Balaban J connectivity index is 2.17. The highest BCUT2D eigenvalue weighted by atomic mass is 19.4. The van der Waals surface area contributed by atoms with Crippen LogP contribution in [0.15, 0.2) is 24.5 Å². The molecule has 0 aliphatic heterocycles. The maximum absolute atomic E-state index is 12.8. The summed E-state index contributed by atoms with van der Waals surface area (Å²) in [5, 5.41) is 5.42. The van der Waals surface area contributed by atoms with Crippen LogP contribution in [0, 0.1) is 6.92 Å². The molecule has 5 nitrogen and oxygen atoms in total. The second-order valence-electron chi connectivity index (χ2n) is 4.38. The van der Waals surface area contributed by atoms with Crippen LogP contribution in [0.25, 0.3) is 0 Å². The third-order valence-corrected chi connectivity index (χ3v) is 2.69. The predicted molar refractivity (Wildman–Crippen MR) is 72.9 cm³/mol. The van der Waals surface area contributed by atoms with Crippen LogP contribution in [-0.2, 0) is 12.7 Å². The van der Waals surface area contributed by atoms with E-state index in [1.54, 1.807) is 19.3 Å². The predicted octanol–water partition coefficient (Wildman–Crippen LogP) is 2.85. The summed E-state index contributed by atoms with van der Waals surface area (Å²) in [6, 6.07) is 1.92. The van der Waals surface area contributed by atoms with E-state index in [9.17, 15) is 13.2 Å². The Morgan fingerprint density at radius 3 is 2.38 bits per heavy atom. The third-order valence-electron chi connectivity index (χ3n) is 2.69. The number of pyridine rings is 1. The lowest BCUT2D eigenvalue weighted by molar-refractivity contribution is -0.137. The number of halogens is 3. The van der Waals surface area contributed by atoms with E-state index in [1.807, 2.05) is 0 Å². The summed E-state index contributed by atoms with van der Waals surface area (Å²) in [5.74, 6) is 0.263. The zero-order chi connectivity index (χ0) is 15.5. The van der Waals surface area contributed by atoms with Gasteiger partial charge < -0.3 is 10.6 Å². The van der Waals surface area contributed by atoms with Crippen molar-refractivity contribution in [1.82, 2.24) is 15.0 Å². The van der Waals surface area contributed by atoms with Gasteiger partial charge in [0.15, 0.2) is 0 Å². The second kappa shape index (κ2) is 5.94. The van der Waals surface area contributed by atoms with Gasteiger partial charge in [0.05, 0.1) is 29.7 Å². The molecule has 0 fully saturated rings. The summed E-state index contributed by atoms with van der Waals surface area (Å²) < 4.78 is 38.4. The van der Waals surface area contributed by atoms with E-state index in [2.05, 4.69) is 25.6 Å². The molecular formula is C13H14F3N5. The third kappa shape index (κ3) is 4.04. The fourth-order valence-electron chi connectivity index (χ4n) is 1.60. The molecule has 0 unspecified atom stereocenters. The summed E-state index contributed by atoms with van der Waals surface area (Å²) in [6.45, 7) is 2.04. The zero-order valence-electron chi connectivity index (χ0n) is 11.5. The van der Waals surface area contributed by atoms with Crippen molar-refractivity contribution in [1.29, 1.82) is 0 Å². The lowest BCUT2D eigenvalue weighted by Crippen LogP contribution is -2.10. The molecule has 112 valence electrons. The number of rotatable bonds is 4. The van der Waals surface area contributed by atoms with Gasteiger partial charge in [0.1, 0.15) is 11.6 Å². The molecule has 0 bridgehead atoms. The Labute approximate surface area is 119 Å². The molecule has 0 saturated heterocycles. The standard InChI is InChI=1S/C13H14F3N5/c1-8-5-19-10(6-18-8)7-20-12-4-9(13(14,15)16)3-11(17-2)21-12/h3-6H,7H2,1-2H3,(H2,17,20,21). The average Bonchev–Trinajstić information content (AvgIpc) is 2.45. The molecule has 0 spiro atoms. The van der Waals surface area contributed by atoms with Crippen LogP contribution in [0.4, 0.5) is 24.8 Å². The van der Waals surface area contributed by atoms with E-state index in [4.69, 9.17) is 0 Å². The van der Waals surface area contributed by atoms with Crippen molar-refractivity contribution in [2.75, 3.05) is 17.7 Å². The number of anilines is 2. The summed E-state index contributed by atoms with van der Waals surface area (Å²) in [6.07, 6.45) is -1.26. The van der Waals surface area contributed by atoms with Gasteiger partial charge in [-0.15, -0.1) is 0 Å². The molecule has 2 N–H and O–H groups in total. The van der Waals surface area contributed by atoms with Crippen molar-refractivity contribution >= 4 is 11.6 Å². The van der Waals surface area contributed by atoms with Crippen LogP contribution >= 0.6 is 0 Å². The summed E-state index contributed by atoms with van der Waals surface area (Å²) in [4.78, 5) is 12.2. The topological polar surface area (TPSA) is 62.7 Å². The highest BCUT2D eigenvalue weighted by molar-refractivity contribution is 5.49. The Hall–Kier alpha value is -2.38. The lowest BCUT2D eigenvalue weighted by atomic mass is 10.2. The molecule has 2 aromatic heterocycles. The molecule has 21 heavy (non-hydrogen) atoms. The lowest BCUT2D eigenvalue weighted by Gasteiger charge is -2.12. The van der Waals surface area contributed by atoms with Gasteiger partial charge in [-0.2, -0.15) is 13.2 Å². The first-order valence-corrected chi connectivity index (χ1v) is 6.17. The molecule has 8 heteroatoms. The molecule has 0 radical (unpaired) electrons. The summed E-state index contributed by atoms with van der Waals surface area (Å²) in [5.41, 5.74) is 0.624. The van der Waals surface area contributed by atoms with Crippen LogP contribution in [0.1, 0.15) is 17.0 Å². The Morgan fingerprint density at radius 1 is 1.10 bits per heavy atom. The van der Waals surface area contributed by atoms with Gasteiger partial charge in [-0.1, -0.05) is 0 Å². The molecule has 0 aromatic carbocycles. The molecule has 0 saturated carbocycles. The largest absolute Gasteiger partial charge is 0.416 e. The SMILES string of the molecule is CNc1cc(C(F)(F)F)cc(NCc2cnc(C)cn2)n1. The number of nitrogens with zero attached hydrogens (tertiary/aromatic N) is 3. The van der Waals surface area contributed by atoms with Crippen molar-refractivity contribution in [3.63, 3.8) is 0 Å². The van der Waals surface area contributed by atoms with Crippen molar-refractivity contribution in [3.05, 3.63) is 41.5 Å². The summed E-state index contributed by atoms with van der Waals surface area (Å²) >= 11 is 0. The first-order valence-electron chi connectivity index (χ1n) is 6.17. The van der Waals surface area contributed by atoms with Crippen LogP contribution < -0.4 is 10.6 Å². The average molecular weight is 297 g/mol. The Bertz CT molecular complexity index is 610. The van der Waals surface area contributed by atoms with E-state index in [1.165, 1.54) is 7.05 Å². The molecule has 0 amide bonds. The minimum atomic E-state index is -4.42. The van der Waals surface area contributed by atoms with Gasteiger partial charge in [0.2, 0.25) is 0 Å². The van der Waals surface area contributed by atoms with Gasteiger partial charge in [-0.25, -0.2) is 4.98 Å². The molecule has 0 aliphatic carbocycles. The number of hydrogen-bond acceptors (Lipinski definition) is 5. The Morgan fingerprint density at radius 2 is 1.81 bits per heavy atom. The van der Waals surface area contributed by atoms with E-state index in [0.717, 1.165) is 17.8 Å². The monoisotopic (exact) mass is 297 g/mol. The first kappa shape index (κ1) is 15.0. The number of hydrogen-bond donors (Lipinski definition) is 2. The fraction of sp³-hybridized carbons (Fsp3) is 0.308. The van der Waals surface area contributed by atoms with Gasteiger partial charge in [0, 0.05) is 13.2 Å². The highest BCUT2D eigenvalue weighted by Gasteiger charge is 2.31. The van der Waals surface area contributed by atoms with Crippen LogP contribution in [0.3, 0.4) is 0 Å². The molecule has 0 atom stereocenters. The van der Waals surface area contributed by atoms with E-state index in [-0.39, 0.29) is 18.2 Å². The highest BCUT2D eigenvalue weighted by Crippen LogP contribution is 2.32. The maximum atomic E-state index is 12.8. The van der Waals surface area contributed by atoms with Gasteiger partial charge >= 0.3 is 6.18 Å². The van der Waals surface area contributed by atoms with Gasteiger partial charge in [-0.05, 0) is 19.1 Å². The number of aryl methyl sites for hydroxylation is 1.